The second-order valence-corrected chi connectivity index (χ2v) is 4.64. The maximum Gasteiger partial charge on any atom is 0.352 e. The number of ether oxygens (including phenoxy) is 4. The smallest absolute Gasteiger partial charge is 0.352 e. The average Bonchev–Trinajstić information content (AvgIpc) is 2.64. The molecule has 1 atom stereocenters. The fourth-order valence-corrected chi connectivity index (χ4v) is 1.70. The molecular formula is C17H18O8. The van der Waals surface area contributed by atoms with E-state index in [0.717, 1.165) is 19.3 Å². The molecule has 1 unspecified atom stereocenters. The molecular weight excluding hydrogens is 332 g/mol. The number of carbonyl (C=O) groups is 4. The predicted molar refractivity (Wildman–Crippen MR) is 85.3 cm³/mol. The Kier molecular flexibility index (Phi) is 7.85. The van der Waals surface area contributed by atoms with E-state index in [2.05, 4.69) is 4.74 Å². The highest BCUT2D eigenvalue weighted by Crippen LogP contribution is 2.28. The molecule has 25 heavy (non-hydrogen) atoms. The number of hydrogen-bond donors (Lipinski definition) is 0. The Labute approximate surface area is 144 Å². The van der Waals surface area contributed by atoms with Crippen molar-refractivity contribution in [2.75, 3.05) is 14.2 Å². The van der Waals surface area contributed by atoms with Crippen molar-refractivity contribution >= 4 is 24.2 Å². The summed E-state index contributed by atoms with van der Waals surface area (Å²) in [5, 5.41) is 0. The molecule has 0 radical (unpaired) electrons. The second kappa shape index (κ2) is 9.86. The molecule has 0 aliphatic carbocycles. The van der Waals surface area contributed by atoms with Crippen LogP contribution in [0.4, 0.5) is 0 Å². The van der Waals surface area contributed by atoms with Gasteiger partial charge in [0.15, 0.2) is 17.6 Å². The summed E-state index contributed by atoms with van der Waals surface area (Å²) in [4.78, 5) is 45.4. The van der Waals surface area contributed by atoms with Gasteiger partial charge in [-0.25, -0.2) is 14.4 Å². The molecule has 0 bridgehead atoms. The summed E-state index contributed by atoms with van der Waals surface area (Å²) in [6, 6.07) is 4.25. The first-order chi connectivity index (χ1) is 11.9. The first kappa shape index (κ1) is 19.9. The van der Waals surface area contributed by atoms with E-state index in [4.69, 9.17) is 14.2 Å². The number of carbonyl (C=O) groups excluding carboxylic acids is 4. The molecule has 134 valence electrons. The third kappa shape index (κ3) is 6.09. The summed E-state index contributed by atoms with van der Waals surface area (Å²) in [6.07, 6.45) is 1.33. The van der Waals surface area contributed by atoms with Gasteiger partial charge in [-0.05, 0) is 24.6 Å². The number of methoxy groups -OCH3 is 2. The van der Waals surface area contributed by atoms with Crippen molar-refractivity contribution in [3.8, 4) is 11.5 Å². The minimum absolute atomic E-state index is 0.0812. The van der Waals surface area contributed by atoms with Crippen LogP contribution in [0.25, 0.3) is 0 Å². The van der Waals surface area contributed by atoms with E-state index in [1.54, 1.807) is 6.92 Å². The Morgan fingerprint density at radius 2 is 1.76 bits per heavy atom. The average molecular weight is 350 g/mol. The highest BCUT2D eigenvalue weighted by atomic mass is 16.6. The van der Waals surface area contributed by atoms with Crippen molar-refractivity contribution in [3.63, 3.8) is 0 Å². The number of benzene rings is 1. The lowest BCUT2D eigenvalue weighted by Gasteiger charge is -2.15. The van der Waals surface area contributed by atoms with Gasteiger partial charge >= 0.3 is 17.9 Å². The van der Waals surface area contributed by atoms with Crippen molar-refractivity contribution in [3.05, 3.63) is 35.9 Å². The van der Waals surface area contributed by atoms with Gasteiger partial charge in [0.1, 0.15) is 6.29 Å². The topological polar surface area (TPSA) is 105 Å². The van der Waals surface area contributed by atoms with Crippen molar-refractivity contribution in [1.29, 1.82) is 0 Å². The van der Waals surface area contributed by atoms with Gasteiger partial charge in [0.25, 0.3) is 0 Å². The molecule has 0 N–H and O–H groups in total. The van der Waals surface area contributed by atoms with Crippen LogP contribution in [0.5, 0.6) is 11.5 Å². The minimum Gasteiger partial charge on any atom is -0.493 e. The van der Waals surface area contributed by atoms with Crippen LogP contribution in [0.3, 0.4) is 0 Å². The van der Waals surface area contributed by atoms with Gasteiger partial charge in [-0.15, -0.1) is 0 Å². The highest BCUT2D eigenvalue weighted by Gasteiger charge is 2.24. The van der Waals surface area contributed by atoms with Gasteiger partial charge in [0.05, 0.1) is 14.2 Å². The lowest BCUT2D eigenvalue weighted by molar-refractivity contribution is -0.159. The number of aldehydes is 1. The monoisotopic (exact) mass is 350 g/mol. The van der Waals surface area contributed by atoms with Crippen molar-refractivity contribution in [2.45, 2.75) is 19.4 Å². The molecule has 0 aliphatic heterocycles. The van der Waals surface area contributed by atoms with E-state index in [9.17, 15) is 19.2 Å². The van der Waals surface area contributed by atoms with E-state index in [-0.39, 0.29) is 17.9 Å². The van der Waals surface area contributed by atoms with Gasteiger partial charge in [0.2, 0.25) is 0 Å². The Hall–Kier alpha value is -3.16. The largest absolute Gasteiger partial charge is 0.493 e. The van der Waals surface area contributed by atoms with E-state index in [1.807, 2.05) is 0 Å². The first-order valence-corrected chi connectivity index (χ1v) is 7.26. The van der Waals surface area contributed by atoms with Crippen molar-refractivity contribution < 1.29 is 38.1 Å². The van der Waals surface area contributed by atoms with E-state index in [1.165, 1.54) is 25.3 Å². The molecule has 0 heterocycles. The number of hydrogen-bond acceptors (Lipinski definition) is 8. The van der Waals surface area contributed by atoms with E-state index in [0.29, 0.717) is 11.8 Å². The first-order valence-electron chi connectivity index (χ1n) is 7.26. The minimum atomic E-state index is -1.18. The standard InChI is InChI=1S/C17H18O8/c1-4-12(24-16(20)8-7-15(19)23-3)17(21)25-13-6-5-11(10-18)9-14(13)22-2/h5-10,12H,4H2,1-3H3/b8-7+. The lowest BCUT2D eigenvalue weighted by Crippen LogP contribution is -2.30. The molecule has 0 amide bonds. The Morgan fingerprint density at radius 3 is 2.32 bits per heavy atom. The highest BCUT2D eigenvalue weighted by molar-refractivity contribution is 5.92. The molecule has 1 aromatic rings. The summed E-state index contributed by atoms with van der Waals surface area (Å²) in [7, 11) is 2.52. The molecule has 0 spiro atoms. The maximum atomic E-state index is 12.2. The Balaban J connectivity index is 2.79. The van der Waals surface area contributed by atoms with Gasteiger partial charge < -0.3 is 18.9 Å². The number of esters is 3. The summed E-state index contributed by atoms with van der Waals surface area (Å²) < 4.78 is 19.5. The van der Waals surface area contributed by atoms with Crippen LogP contribution in [0.2, 0.25) is 0 Å². The maximum absolute atomic E-state index is 12.2. The molecule has 0 saturated heterocycles. The summed E-state index contributed by atoms with van der Waals surface area (Å²) >= 11 is 0. The Bertz CT molecular complexity index is 677. The molecule has 8 nitrogen and oxygen atoms in total. The van der Waals surface area contributed by atoms with Crippen molar-refractivity contribution in [2.24, 2.45) is 0 Å². The predicted octanol–water partition coefficient (Wildman–Crippen LogP) is 1.46. The van der Waals surface area contributed by atoms with Crippen molar-refractivity contribution in [1.82, 2.24) is 0 Å². The fraction of sp³-hybridized carbons (Fsp3) is 0.294. The zero-order valence-corrected chi connectivity index (χ0v) is 14.0. The zero-order valence-electron chi connectivity index (χ0n) is 14.0. The Morgan fingerprint density at radius 1 is 1.08 bits per heavy atom. The molecule has 8 heteroatoms. The van der Waals surface area contributed by atoms with Crippen LogP contribution in [-0.4, -0.2) is 44.5 Å². The molecule has 1 aromatic carbocycles. The summed E-state index contributed by atoms with van der Waals surface area (Å²) in [5.41, 5.74) is 0.350. The third-order valence-electron chi connectivity index (χ3n) is 2.98. The zero-order chi connectivity index (χ0) is 18.8. The summed E-state index contributed by atoms with van der Waals surface area (Å²) in [5.74, 6) is -2.17. The van der Waals surface area contributed by atoms with Gasteiger partial charge in [0, 0.05) is 17.7 Å². The SMILES string of the molecule is CCC(OC(=O)/C=C/C(=O)OC)C(=O)Oc1ccc(C=O)cc1OC. The molecule has 0 aromatic heterocycles. The van der Waals surface area contributed by atoms with E-state index < -0.39 is 24.0 Å². The van der Waals surface area contributed by atoms with Gasteiger partial charge in [-0.2, -0.15) is 0 Å². The van der Waals surface area contributed by atoms with Crippen LogP contribution in [-0.2, 0) is 23.9 Å². The molecule has 0 aliphatic rings. The van der Waals surface area contributed by atoms with Crippen LogP contribution in [0.1, 0.15) is 23.7 Å². The molecule has 0 saturated carbocycles. The fourth-order valence-electron chi connectivity index (χ4n) is 1.70. The second-order valence-electron chi connectivity index (χ2n) is 4.64. The van der Waals surface area contributed by atoms with Crippen LogP contribution >= 0.6 is 0 Å². The third-order valence-corrected chi connectivity index (χ3v) is 2.98. The van der Waals surface area contributed by atoms with Gasteiger partial charge in [-0.3, -0.25) is 4.79 Å². The quantitative estimate of drug-likeness (QED) is 0.300. The summed E-state index contributed by atoms with van der Waals surface area (Å²) in [6.45, 7) is 1.62. The number of rotatable bonds is 8. The molecule has 0 fully saturated rings. The van der Waals surface area contributed by atoms with Crippen LogP contribution in [0.15, 0.2) is 30.4 Å². The van der Waals surface area contributed by atoms with Crippen LogP contribution in [0, 0.1) is 0 Å². The van der Waals surface area contributed by atoms with E-state index >= 15 is 0 Å². The van der Waals surface area contributed by atoms with Gasteiger partial charge in [-0.1, -0.05) is 6.92 Å². The molecule has 1 rings (SSSR count). The lowest BCUT2D eigenvalue weighted by atomic mass is 10.2. The van der Waals surface area contributed by atoms with Crippen LogP contribution < -0.4 is 9.47 Å². The normalized spacial score (nSPS) is 11.5.